The number of azo groups is 2. The molecule has 0 fully saturated rings. The maximum absolute atomic E-state index is 13.4. The summed E-state index contributed by atoms with van der Waals surface area (Å²) in [5.74, 6) is -1.38. The number of nitrogens with one attached hydrogen (secondary N) is 3. The van der Waals surface area contributed by atoms with Crippen LogP contribution in [0.25, 0.3) is 21.5 Å². The number of amides is 3. The largest absolute Gasteiger partial charge is 0.506 e. The molecule has 0 saturated heterocycles. The summed E-state index contributed by atoms with van der Waals surface area (Å²) < 4.78 is 39.2. The van der Waals surface area contributed by atoms with E-state index in [2.05, 4.69) is 41.7 Å². The second-order valence-corrected chi connectivity index (χ2v) is 15.3. The van der Waals surface area contributed by atoms with Crippen molar-refractivity contribution in [2.75, 3.05) is 10.8 Å². The number of nitrogens with zero attached hydrogens (tertiary/aromatic N) is 5. The van der Waals surface area contributed by atoms with E-state index >= 15 is 0 Å². The highest BCUT2D eigenvalue weighted by atomic mass is 35.5. The van der Waals surface area contributed by atoms with E-state index in [9.17, 15) is 37.8 Å². The standard InChI is InChI=1S/C50H34ClF3N8O7/c51-36-4-2-6-40(26-36)62-69-28-55-68-27-29-7-19-41-32(23-29)13-21-43(63)45(41)60-58-37-15-8-30(9-16-37)47(65)31-10-17-38(18-11-31)59-61-46-42-20-12-34(24-33(42)14-22-44(46)64)48(66)57-49(67)56-39-5-1-3-35(25-39)50(52,53)54/h1-26,28,62-64H,27H2,(H2,56,57,66,67). The lowest BCUT2D eigenvalue weighted by atomic mass is 10.0. The van der Waals surface area contributed by atoms with Gasteiger partial charge in [-0.05, 0) is 132 Å². The Balaban J connectivity index is 0.862. The third-order valence-corrected chi connectivity index (χ3v) is 10.4. The van der Waals surface area contributed by atoms with Crippen molar-refractivity contribution in [3.63, 3.8) is 0 Å². The van der Waals surface area contributed by atoms with Crippen molar-refractivity contribution in [1.29, 1.82) is 0 Å². The number of oxime groups is 1. The molecule has 0 heterocycles. The first kappa shape index (κ1) is 46.4. The molecule has 0 aromatic heterocycles. The van der Waals surface area contributed by atoms with Crippen LogP contribution in [-0.4, -0.2) is 34.3 Å². The maximum Gasteiger partial charge on any atom is 0.416 e. The average molecular weight is 951 g/mol. The summed E-state index contributed by atoms with van der Waals surface area (Å²) >= 11 is 5.95. The van der Waals surface area contributed by atoms with Crippen LogP contribution in [0.1, 0.15) is 37.4 Å². The highest BCUT2D eigenvalue weighted by molar-refractivity contribution is 6.30. The molecule has 8 aromatic rings. The number of hydrogen-bond donors (Lipinski definition) is 5. The molecule has 344 valence electrons. The third kappa shape index (κ3) is 11.6. The number of urea groups is 1. The van der Waals surface area contributed by atoms with Crippen LogP contribution in [0.15, 0.2) is 183 Å². The van der Waals surface area contributed by atoms with E-state index in [1.54, 1.807) is 84.9 Å². The molecule has 0 saturated carbocycles. The van der Waals surface area contributed by atoms with E-state index in [1.165, 1.54) is 42.5 Å². The monoisotopic (exact) mass is 950 g/mol. The summed E-state index contributed by atoms with van der Waals surface area (Å²) in [5, 5.41) is 49.3. The molecule has 3 amide bonds. The Bertz CT molecular complexity index is 3330. The highest BCUT2D eigenvalue weighted by Gasteiger charge is 2.30. The van der Waals surface area contributed by atoms with E-state index < -0.39 is 23.7 Å². The van der Waals surface area contributed by atoms with Gasteiger partial charge in [0.1, 0.15) is 29.5 Å². The molecule has 0 bridgehead atoms. The zero-order chi connectivity index (χ0) is 48.5. The molecule has 69 heavy (non-hydrogen) atoms. The normalized spacial score (nSPS) is 11.7. The minimum absolute atomic E-state index is 0.0496. The lowest BCUT2D eigenvalue weighted by Crippen LogP contribution is -2.34. The zero-order valence-corrected chi connectivity index (χ0v) is 36.2. The number of alkyl halides is 3. The van der Waals surface area contributed by atoms with E-state index in [-0.39, 0.29) is 46.5 Å². The Hall–Kier alpha value is -9.16. The smallest absolute Gasteiger partial charge is 0.416 e. The predicted octanol–water partition coefficient (Wildman–Crippen LogP) is 13.6. The molecule has 0 radical (unpaired) electrons. The first-order chi connectivity index (χ1) is 33.3. The minimum atomic E-state index is -4.62. The number of imide groups is 1. The average Bonchev–Trinajstić information content (AvgIpc) is 3.34. The predicted molar refractivity (Wildman–Crippen MR) is 253 cm³/mol. The molecule has 0 unspecified atom stereocenters. The minimum Gasteiger partial charge on any atom is -0.506 e. The van der Waals surface area contributed by atoms with Gasteiger partial charge in [-0.1, -0.05) is 59.2 Å². The zero-order valence-electron chi connectivity index (χ0n) is 35.5. The van der Waals surface area contributed by atoms with Gasteiger partial charge in [0, 0.05) is 38.2 Å². The van der Waals surface area contributed by atoms with Gasteiger partial charge in [0.25, 0.3) is 5.91 Å². The van der Waals surface area contributed by atoms with Crippen molar-refractivity contribution in [3.05, 3.63) is 191 Å². The molecule has 0 aliphatic rings. The molecule has 15 nitrogen and oxygen atoms in total. The maximum atomic E-state index is 13.4. The Kier molecular flexibility index (Phi) is 13.8. The molecular weight excluding hydrogens is 917 g/mol. The number of carbonyl (C=O) groups is 3. The number of ketones is 1. The quantitative estimate of drug-likeness (QED) is 0.0232. The lowest BCUT2D eigenvalue weighted by Gasteiger charge is -2.11. The van der Waals surface area contributed by atoms with Crippen LogP contribution in [0.2, 0.25) is 5.02 Å². The molecule has 8 rings (SSSR count). The van der Waals surface area contributed by atoms with E-state index in [4.69, 9.17) is 21.3 Å². The Morgan fingerprint density at radius 2 is 1.20 bits per heavy atom. The van der Waals surface area contributed by atoms with Crippen LogP contribution in [0, 0.1) is 0 Å². The number of halogens is 4. The number of anilines is 2. The molecule has 0 aliphatic carbocycles. The SMILES string of the molecule is O=C(NC(=O)c1ccc2c(N=Nc3ccc(C(=O)c4ccc(N=Nc5c(O)ccc6cc(CON=CONc7cccc(Cl)c7)ccc56)cc4)cc3)c(O)ccc2c1)Nc1cccc(C(F)(F)F)c1. The van der Waals surface area contributed by atoms with Crippen molar-refractivity contribution >= 4 is 91.4 Å². The van der Waals surface area contributed by atoms with Crippen molar-refractivity contribution in [2.24, 2.45) is 25.6 Å². The molecule has 0 spiro atoms. The number of carbonyl (C=O) groups excluding carboxylic acids is 3. The Morgan fingerprint density at radius 1 is 0.623 bits per heavy atom. The number of aromatic hydroxyl groups is 2. The summed E-state index contributed by atoms with van der Waals surface area (Å²) in [5.41, 5.74) is 4.93. The summed E-state index contributed by atoms with van der Waals surface area (Å²) in [6, 6.07) is 38.6. The van der Waals surface area contributed by atoms with E-state index in [0.29, 0.717) is 49.4 Å². The summed E-state index contributed by atoms with van der Waals surface area (Å²) in [4.78, 5) is 49.1. The fraction of sp³-hybridized carbons (Fsp3) is 0.0400. The van der Waals surface area contributed by atoms with Crippen LogP contribution in [0.5, 0.6) is 11.5 Å². The van der Waals surface area contributed by atoms with Crippen LogP contribution < -0.4 is 16.1 Å². The Labute approximate surface area is 394 Å². The van der Waals surface area contributed by atoms with Gasteiger partial charge in [-0.15, -0.1) is 10.2 Å². The van der Waals surface area contributed by atoms with Crippen molar-refractivity contribution in [2.45, 2.75) is 12.8 Å². The van der Waals surface area contributed by atoms with Gasteiger partial charge in [0.05, 0.1) is 22.6 Å². The number of phenolic OH excluding ortho intramolecular Hbond substituents is 2. The van der Waals surface area contributed by atoms with Crippen molar-refractivity contribution in [3.8, 4) is 11.5 Å². The van der Waals surface area contributed by atoms with E-state index in [1.807, 2.05) is 12.1 Å². The Morgan fingerprint density at radius 3 is 1.83 bits per heavy atom. The molecule has 5 N–H and O–H groups in total. The van der Waals surface area contributed by atoms with Gasteiger partial charge in [0.2, 0.25) is 6.40 Å². The first-order valence-electron chi connectivity index (χ1n) is 20.5. The fourth-order valence-electron chi connectivity index (χ4n) is 6.76. The van der Waals surface area contributed by atoms with Crippen LogP contribution in [-0.2, 0) is 22.5 Å². The van der Waals surface area contributed by atoms with Gasteiger partial charge < -0.3 is 25.2 Å². The summed E-state index contributed by atoms with van der Waals surface area (Å²) in [6.45, 7) is 0.145. The van der Waals surface area contributed by atoms with Crippen molar-refractivity contribution < 1.29 is 47.4 Å². The number of rotatable bonds is 14. The third-order valence-electron chi connectivity index (χ3n) is 10.1. The molecule has 8 aromatic carbocycles. The molecule has 0 atom stereocenters. The first-order valence-corrected chi connectivity index (χ1v) is 20.8. The van der Waals surface area contributed by atoms with Gasteiger partial charge in [-0.25, -0.2) is 10.3 Å². The number of phenols is 2. The van der Waals surface area contributed by atoms with Crippen LogP contribution in [0.4, 0.5) is 52.1 Å². The lowest BCUT2D eigenvalue weighted by molar-refractivity contribution is -0.137. The number of hydrogen-bond acceptors (Lipinski definition) is 13. The molecular formula is C50H34ClF3N8O7. The molecule has 0 aliphatic heterocycles. The number of benzene rings is 8. The highest BCUT2D eigenvalue weighted by Crippen LogP contribution is 2.38. The summed E-state index contributed by atoms with van der Waals surface area (Å²) in [7, 11) is 0. The fourth-order valence-corrected chi connectivity index (χ4v) is 6.95. The summed E-state index contributed by atoms with van der Waals surface area (Å²) in [6.07, 6.45) is -3.51. The van der Waals surface area contributed by atoms with Crippen LogP contribution >= 0.6 is 11.6 Å². The second-order valence-electron chi connectivity index (χ2n) is 14.9. The topological polar surface area (TPSA) is 208 Å². The molecule has 19 heteroatoms. The number of fused-ring (bicyclic) bond motifs is 2. The van der Waals surface area contributed by atoms with Gasteiger partial charge in [-0.3, -0.25) is 14.9 Å². The second kappa shape index (κ2) is 20.6. The van der Waals surface area contributed by atoms with E-state index in [0.717, 1.165) is 35.5 Å². The van der Waals surface area contributed by atoms with Gasteiger partial charge >= 0.3 is 12.2 Å². The van der Waals surface area contributed by atoms with Gasteiger partial charge in [-0.2, -0.15) is 23.4 Å². The van der Waals surface area contributed by atoms with Crippen molar-refractivity contribution in [1.82, 2.24) is 5.32 Å². The van der Waals surface area contributed by atoms with Gasteiger partial charge in [0.15, 0.2) is 5.78 Å². The van der Waals surface area contributed by atoms with Crippen LogP contribution in [0.3, 0.4) is 0 Å².